The van der Waals surface area contributed by atoms with E-state index in [1.54, 1.807) is 0 Å². The molecular weight excluding hydrogens is 371 g/mol. The van der Waals surface area contributed by atoms with Crippen LogP contribution in [-0.4, -0.2) is 37.0 Å². The van der Waals surface area contributed by atoms with Gasteiger partial charge < -0.3 is 15.0 Å². The summed E-state index contributed by atoms with van der Waals surface area (Å²) in [4.78, 5) is 14.6. The number of amides is 1. The molecule has 6 heteroatoms. The summed E-state index contributed by atoms with van der Waals surface area (Å²) in [5.41, 5.74) is 1.65. The largest absolute Gasteiger partial charge is 0.489 e. The van der Waals surface area contributed by atoms with Gasteiger partial charge in [-0.05, 0) is 61.8 Å². The van der Waals surface area contributed by atoms with Crippen LogP contribution >= 0.6 is 24.0 Å². The van der Waals surface area contributed by atoms with Crippen molar-refractivity contribution in [1.29, 1.82) is 0 Å². The second-order valence-corrected chi connectivity index (χ2v) is 6.78. The van der Waals surface area contributed by atoms with Crippen molar-refractivity contribution in [3.8, 4) is 5.75 Å². The Kier molecular flexibility index (Phi) is 7.76. The van der Waals surface area contributed by atoms with Crippen molar-refractivity contribution in [1.82, 2.24) is 10.2 Å². The third-order valence-corrected chi connectivity index (χ3v) is 4.79. The minimum Gasteiger partial charge on any atom is -0.489 e. The summed E-state index contributed by atoms with van der Waals surface area (Å²) in [6.45, 7) is 2.35. The van der Waals surface area contributed by atoms with Crippen LogP contribution in [-0.2, 0) is 6.61 Å². The van der Waals surface area contributed by atoms with E-state index in [0.29, 0.717) is 29.0 Å². The summed E-state index contributed by atoms with van der Waals surface area (Å²) < 4.78 is 5.82. The van der Waals surface area contributed by atoms with Crippen molar-refractivity contribution in [3.05, 3.63) is 64.7 Å². The fourth-order valence-corrected chi connectivity index (χ4v) is 3.29. The van der Waals surface area contributed by atoms with Crippen LogP contribution in [0.2, 0.25) is 5.02 Å². The minimum atomic E-state index is 0. The fourth-order valence-electron chi connectivity index (χ4n) is 3.08. The van der Waals surface area contributed by atoms with Crippen LogP contribution in [0, 0.1) is 0 Å². The Balaban J connectivity index is 0.00000243. The van der Waals surface area contributed by atoms with Gasteiger partial charge in [0.25, 0.3) is 5.91 Å². The molecule has 1 fully saturated rings. The molecule has 2 aromatic carbocycles. The molecule has 1 aliphatic rings. The molecule has 1 aliphatic heterocycles. The number of carbonyl (C=O) groups is 1. The normalized spacial score (nSPS) is 14.4. The van der Waals surface area contributed by atoms with E-state index in [-0.39, 0.29) is 18.3 Å². The lowest BCUT2D eigenvalue weighted by molar-refractivity contribution is 0.0702. The third-order valence-electron chi connectivity index (χ3n) is 4.55. The molecule has 0 aliphatic carbocycles. The van der Waals surface area contributed by atoms with E-state index < -0.39 is 0 Å². The molecule has 0 bridgehead atoms. The van der Waals surface area contributed by atoms with Crippen molar-refractivity contribution in [2.75, 3.05) is 20.1 Å². The number of nitrogens with one attached hydrogen (secondary N) is 1. The highest BCUT2D eigenvalue weighted by atomic mass is 35.5. The van der Waals surface area contributed by atoms with Gasteiger partial charge >= 0.3 is 0 Å². The van der Waals surface area contributed by atoms with E-state index in [1.165, 1.54) is 0 Å². The van der Waals surface area contributed by atoms with Gasteiger partial charge in [0.1, 0.15) is 12.4 Å². The predicted molar refractivity (Wildman–Crippen MR) is 107 cm³/mol. The Bertz CT molecular complexity index is 733. The highest BCUT2D eigenvalue weighted by molar-refractivity contribution is 6.30. The van der Waals surface area contributed by atoms with Gasteiger partial charge in [-0.3, -0.25) is 4.79 Å². The average Bonchev–Trinajstić information content (AvgIpc) is 2.66. The van der Waals surface area contributed by atoms with Crippen LogP contribution in [0.25, 0.3) is 0 Å². The highest BCUT2D eigenvalue weighted by Gasteiger charge is 2.23. The highest BCUT2D eigenvalue weighted by Crippen LogP contribution is 2.19. The van der Waals surface area contributed by atoms with E-state index in [4.69, 9.17) is 16.3 Å². The maximum atomic E-state index is 12.7. The fraction of sp³-hybridized carbons (Fsp3) is 0.350. The smallest absolute Gasteiger partial charge is 0.253 e. The van der Waals surface area contributed by atoms with Crippen LogP contribution in [0.5, 0.6) is 5.75 Å². The van der Waals surface area contributed by atoms with Crippen LogP contribution in [0.4, 0.5) is 0 Å². The molecule has 3 rings (SSSR count). The first kappa shape index (κ1) is 20.6. The minimum absolute atomic E-state index is 0. The SMILES string of the molecule is CN(C(=O)c1cccc(OCc2cccc(Cl)c2)c1)C1CCNCC1.Cl. The molecule has 0 unspecified atom stereocenters. The lowest BCUT2D eigenvalue weighted by Gasteiger charge is -2.31. The number of carbonyl (C=O) groups excluding carboxylic acids is 1. The van der Waals surface area contributed by atoms with Crippen LogP contribution in [0.1, 0.15) is 28.8 Å². The first-order chi connectivity index (χ1) is 12.1. The van der Waals surface area contributed by atoms with Crippen molar-refractivity contribution < 1.29 is 9.53 Å². The molecule has 1 amide bonds. The number of nitrogens with zero attached hydrogens (tertiary/aromatic N) is 1. The van der Waals surface area contributed by atoms with Crippen LogP contribution in [0.3, 0.4) is 0 Å². The van der Waals surface area contributed by atoms with Gasteiger partial charge in [-0.15, -0.1) is 12.4 Å². The molecule has 0 radical (unpaired) electrons. The predicted octanol–water partition coefficient (Wildman–Crippen LogP) is 4.16. The maximum absolute atomic E-state index is 12.7. The second kappa shape index (κ2) is 9.81. The molecule has 26 heavy (non-hydrogen) atoms. The summed E-state index contributed by atoms with van der Waals surface area (Å²) in [5, 5.41) is 4.01. The topological polar surface area (TPSA) is 41.6 Å². The molecule has 0 atom stereocenters. The molecule has 0 aromatic heterocycles. The van der Waals surface area contributed by atoms with Gasteiger partial charge in [-0.1, -0.05) is 29.8 Å². The second-order valence-electron chi connectivity index (χ2n) is 6.34. The monoisotopic (exact) mass is 394 g/mol. The zero-order valence-electron chi connectivity index (χ0n) is 14.8. The van der Waals surface area contributed by atoms with Gasteiger partial charge in [-0.25, -0.2) is 0 Å². The van der Waals surface area contributed by atoms with Gasteiger partial charge in [0.05, 0.1) is 0 Å². The summed E-state index contributed by atoms with van der Waals surface area (Å²) in [6, 6.07) is 15.2. The Morgan fingerprint density at radius 1 is 1.19 bits per heavy atom. The summed E-state index contributed by atoms with van der Waals surface area (Å²) in [6.07, 6.45) is 1.99. The third kappa shape index (κ3) is 5.37. The van der Waals surface area contributed by atoms with E-state index in [1.807, 2.05) is 60.5 Å². The molecule has 2 aromatic rings. The number of ether oxygens (including phenoxy) is 1. The van der Waals surface area contributed by atoms with E-state index in [2.05, 4.69) is 5.32 Å². The van der Waals surface area contributed by atoms with Crippen molar-refractivity contribution in [3.63, 3.8) is 0 Å². The van der Waals surface area contributed by atoms with Crippen molar-refractivity contribution in [2.24, 2.45) is 0 Å². The molecule has 140 valence electrons. The Labute approximate surface area is 165 Å². The number of halogens is 2. The summed E-state index contributed by atoms with van der Waals surface area (Å²) in [7, 11) is 1.89. The molecule has 1 saturated heterocycles. The van der Waals surface area contributed by atoms with Gasteiger partial charge in [0.15, 0.2) is 0 Å². The molecule has 0 spiro atoms. The molecular formula is C20H24Cl2N2O2. The van der Waals surface area contributed by atoms with Crippen molar-refractivity contribution >= 4 is 29.9 Å². The molecule has 4 nitrogen and oxygen atoms in total. The van der Waals surface area contributed by atoms with E-state index in [9.17, 15) is 4.79 Å². The zero-order valence-corrected chi connectivity index (χ0v) is 16.4. The number of hydrogen-bond acceptors (Lipinski definition) is 3. The summed E-state index contributed by atoms with van der Waals surface area (Å²) in [5.74, 6) is 0.727. The maximum Gasteiger partial charge on any atom is 0.253 e. The Morgan fingerprint density at radius 3 is 2.65 bits per heavy atom. The number of benzene rings is 2. The summed E-state index contributed by atoms with van der Waals surface area (Å²) >= 11 is 5.99. The van der Waals surface area contributed by atoms with Crippen molar-refractivity contribution in [2.45, 2.75) is 25.5 Å². The number of rotatable bonds is 5. The van der Waals surface area contributed by atoms with E-state index in [0.717, 1.165) is 31.5 Å². The lowest BCUT2D eigenvalue weighted by atomic mass is 10.0. The molecule has 1 N–H and O–H groups in total. The zero-order chi connectivity index (χ0) is 17.6. The van der Waals surface area contributed by atoms with Crippen LogP contribution < -0.4 is 10.1 Å². The first-order valence-electron chi connectivity index (χ1n) is 8.58. The molecule has 1 heterocycles. The Hall–Kier alpha value is -1.75. The molecule has 0 saturated carbocycles. The van der Waals surface area contributed by atoms with Gasteiger partial charge in [0.2, 0.25) is 0 Å². The average molecular weight is 395 g/mol. The lowest BCUT2D eigenvalue weighted by Crippen LogP contribution is -2.43. The number of piperidine rings is 1. The first-order valence-corrected chi connectivity index (χ1v) is 8.96. The quantitative estimate of drug-likeness (QED) is 0.827. The standard InChI is InChI=1S/C20H23ClN2O2.ClH/c1-23(18-8-10-22-11-9-18)20(24)16-5-3-7-19(13-16)25-14-15-4-2-6-17(21)12-15;/h2-7,12-13,18,22H,8-11,14H2,1H3;1H. The van der Waals surface area contributed by atoms with E-state index >= 15 is 0 Å². The number of hydrogen-bond donors (Lipinski definition) is 1. The van der Waals surface area contributed by atoms with Crippen LogP contribution in [0.15, 0.2) is 48.5 Å². The Morgan fingerprint density at radius 2 is 1.92 bits per heavy atom. The van der Waals surface area contributed by atoms with Gasteiger partial charge in [0, 0.05) is 23.7 Å². The van der Waals surface area contributed by atoms with Gasteiger partial charge in [-0.2, -0.15) is 0 Å².